The normalized spacial score (nSPS) is 20.5. The first kappa shape index (κ1) is 13.4. The fraction of sp³-hybridized carbons (Fsp3) is 0.625. The summed E-state index contributed by atoms with van der Waals surface area (Å²) in [5.41, 5.74) is 10.1. The summed E-state index contributed by atoms with van der Waals surface area (Å²) in [6.45, 7) is 12.2. The van der Waals surface area contributed by atoms with Gasteiger partial charge in [-0.25, -0.2) is 0 Å². The summed E-state index contributed by atoms with van der Waals surface area (Å²) in [5.74, 6) is 0.798. The second-order valence-electron chi connectivity index (χ2n) is 6.61. The molecule has 1 unspecified atom stereocenters. The Balaban J connectivity index is 2.12. The number of benzene rings is 1. The molecule has 0 bridgehead atoms. The largest absolute Gasteiger partial charge is 0.371 e. The average Bonchev–Trinajstić information content (AvgIpc) is 2.77. The molecule has 2 N–H and O–H groups in total. The topological polar surface area (TPSA) is 29.3 Å². The average molecular weight is 246 g/mol. The summed E-state index contributed by atoms with van der Waals surface area (Å²) in [6, 6.07) is 6.68. The van der Waals surface area contributed by atoms with Gasteiger partial charge < -0.3 is 10.6 Å². The highest BCUT2D eigenvalue weighted by Gasteiger charge is 2.31. The van der Waals surface area contributed by atoms with Crippen molar-refractivity contribution in [1.29, 1.82) is 0 Å². The predicted octanol–water partition coefficient (Wildman–Crippen LogP) is 3.33. The van der Waals surface area contributed by atoms with Gasteiger partial charge in [0.25, 0.3) is 0 Å². The molecule has 1 atom stereocenters. The minimum atomic E-state index is 0.418. The van der Waals surface area contributed by atoms with Crippen LogP contribution in [-0.4, -0.2) is 13.1 Å². The maximum Gasteiger partial charge on any atom is 0.0369 e. The minimum Gasteiger partial charge on any atom is -0.371 e. The van der Waals surface area contributed by atoms with E-state index in [1.807, 2.05) is 0 Å². The van der Waals surface area contributed by atoms with Gasteiger partial charge in [0.05, 0.1) is 0 Å². The van der Waals surface area contributed by atoms with E-state index in [-0.39, 0.29) is 0 Å². The van der Waals surface area contributed by atoms with E-state index in [1.165, 1.54) is 36.3 Å². The van der Waals surface area contributed by atoms with Crippen molar-refractivity contribution in [2.45, 2.75) is 40.7 Å². The number of hydrogen-bond acceptors (Lipinski definition) is 2. The smallest absolute Gasteiger partial charge is 0.0369 e. The van der Waals surface area contributed by atoms with Gasteiger partial charge in [0.1, 0.15) is 0 Å². The highest BCUT2D eigenvalue weighted by Crippen LogP contribution is 2.35. The number of nitrogens with zero attached hydrogens (tertiary/aromatic N) is 1. The van der Waals surface area contributed by atoms with Crippen LogP contribution in [0, 0.1) is 18.3 Å². The van der Waals surface area contributed by atoms with Crippen LogP contribution in [0.2, 0.25) is 0 Å². The number of aryl methyl sites for hydroxylation is 1. The number of rotatable bonds is 2. The molecule has 1 aliphatic rings. The van der Waals surface area contributed by atoms with Gasteiger partial charge in [-0.05, 0) is 47.9 Å². The summed E-state index contributed by atoms with van der Waals surface area (Å²) in [5, 5.41) is 0. The van der Waals surface area contributed by atoms with Gasteiger partial charge in [0.2, 0.25) is 0 Å². The summed E-state index contributed by atoms with van der Waals surface area (Å²) < 4.78 is 0. The van der Waals surface area contributed by atoms with E-state index in [9.17, 15) is 0 Å². The lowest BCUT2D eigenvalue weighted by atomic mass is 9.80. The quantitative estimate of drug-likeness (QED) is 0.867. The van der Waals surface area contributed by atoms with Crippen LogP contribution < -0.4 is 10.6 Å². The van der Waals surface area contributed by atoms with Gasteiger partial charge in [0, 0.05) is 25.3 Å². The van der Waals surface area contributed by atoms with Crippen LogP contribution in [0.4, 0.5) is 5.69 Å². The minimum absolute atomic E-state index is 0.418. The van der Waals surface area contributed by atoms with E-state index in [4.69, 9.17) is 5.73 Å². The zero-order valence-electron chi connectivity index (χ0n) is 12.2. The summed E-state index contributed by atoms with van der Waals surface area (Å²) in [7, 11) is 0. The lowest BCUT2D eigenvalue weighted by molar-refractivity contribution is 0.263. The molecule has 2 rings (SSSR count). The standard InChI is InChI=1S/C16H26N2/c1-12-9-15(6-5-13(12)10-17)18-8-7-14(11-18)16(2,3)4/h5-6,9,14H,7-8,10-11,17H2,1-4H3. The fourth-order valence-electron chi connectivity index (χ4n) is 2.81. The maximum absolute atomic E-state index is 5.72. The zero-order valence-corrected chi connectivity index (χ0v) is 12.2. The molecule has 18 heavy (non-hydrogen) atoms. The van der Waals surface area contributed by atoms with Crippen LogP contribution in [0.5, 0.6) is 0 Å². The molecule has 0 aliphatic carbocycles. The lowest BCUT2D eigenvalue weighted by Gasteiger charge is -2.27. The van der Waals surface area contributed by atoms with E-state index in [0.29, 0.717) is 12.0 Å². The molecule has 0 saturated carbocycles. The predicted molar refractivity (Wildman–Crippen MR) is 78.8 cm³/mol. The van der Waals surface area contributed by atoms with E-state index >= 15 is 0 Å². The molecule has 2 nitrogen and oxygen atoms in total. The van der Waals surface area contributed by atoms with Crippen molar-refractivity contribution in [3.63, 3.8) is 0 Å². The molecule has 1 aromatic rings. The van der Waals surface area contributed by atoms with Crippen molar-refractivity contribution in [2.24, 2.45) is 17.1 Å². The second-order valence-corrected chi connectivity index (χ2v) is 6.61. The summed E-state index contributed by atoms with van der Waals surface area (Å²) >= 11 is 0. The Bertz CT molecular complexity index is 418. The SMILES string of the molecule is Cc1cc(N2CCC(C(C)(C)C)C2)ccc1CN. The molecule has 0 radical (unpaired) electrons. The molecular formula is C16H26N2. The Morgan fingerprint density at radius 2 is 2.06 bits per heavy atom. The zero-order chi connectivity index (χ0) is 13.3. The molecule has 1 saturated heterocycles. The molecule has 1 aliphatic heterocycles. The third kappa shape index (κ3) is 2.69. The Hall–Kier alpha value is -1.02. The van der Waals surface area contributed by atoms with Crippen LogP contribution in [0.3, 0.4) is 0 Å². The van der Waals surface area contributed by atoms with Crippen molar-refractivity contribution in [1.82, 2.24) is 0 Å². The van der Waals surface area contributed by atoms with Gasteiger partial charge in [-0.15, -0.1) is 0 Å². The highest BCUT2D eigenvalue weighted by molar-refractivity contribution is 5.51. The van der Waals surface area contributed by atoms with Gasteiger partial charge >= 0.3 is 0 Å². The molecule has 0 amide bonds. The van der Waals surface area contributed by atoms with Crippen molar-refractivity contribution < 1.29 is 0 Å². The van der Waals surface area contributed by atoms with E-state index < -0.39 is 0 Å². The molecule has 0 aromatic heterocycles. The van der Waals surface area contributed by atoms with Crippen LogP contribution >= 0.6 is 0 Å². The van der Waals surface area contributed by atoms with E-state index in [2.05, 4.69) is 50.8 Å². The maximum atomic E-state index is 5.72. The molecule has 100 valence electrons. The summed E-state index contributed by atoms with van der Waals surface area (Å²) in [4.78, 5) is 2.52. The number of hydrogen-bond donors (Lipinski definition) is 1. The fourth-order valence-corrected chi connectivity index (χ4v) is 2.81. The van der Waals surface area contributed by atoms with Crippen LogP contribution in [0.1, 0.15) is 38.3 Å². The Morgan fingerprint density at radius 3 is 2.56 bits per heavy atom. The van der Waals surface area contributed by atoms with Crippen molar-refractivity contribution in [3.8, 4) is 0 Å². The van der Waals surface area contributed by atoms with Crippen molar-refractivity contribution in [2.75, 3.05) is 18.0 Å². The molecule has 1 heterocycles. The van der Waals surface area contributed by atoms with E-state index in [1.54, 1.807) is 0 Å². The third-order valence-corrected chi connectivity index (χ3v) is 4.32. The number of nitrogens with two attached hydrogens (primary N) is 1. The highest BCUT2D eigenvalue weighted by atomic mass is 15.2. The van der Waals surface area contributed by atoms with Crippen LogP contribution in [-0.2, 0) is 6.54 Å². The van der Waals surface area contributed by atoms with Gasteiger partial charge in [-0.3, -0.25) is 0 Å². The van der Waals surface area contributed by atoms with E-state index in [0.717, 1.165) is 5.92 Å². The summed E-state index contributed by atoms with van der Waals surface area (Å²) in [6.07, 6.45) is 1.31. The van der Waals surface area contributed by atoms with Gasteiger partial charge in [-0.2, -0.15) is 0 Å². The third-order valence-electron chi connectivity index (χ3n) is 4.32. The first-order chi connectivity index (χ1) is 8.41. The van der Waals surface area contributed by atoms with Gasteiger partial charge in [0.15, 0.2) is 0 Å². The monoisotopic (exact) mass is 246 g/mol. The van der Waals surface area contributed by atoms with Crippen molar-refractivity contribution in [3.05, 3.63) is 29.3 Å². The van der Waals surface area contributed by atoms with Gasteiger partial charge in [-0.1, -0.05) is 26.8 Å². The second kappa shape index (κ2) is 4.93. The van der Waals surface area contributed by atoms with Crippen LogP contribution in [0.15, 0.2) is 18.2 Å². The lowest BCUT2D eigenvalue weighted by Crippen LogP contribution is -2.25. The van der Waals surface area contributed by atoms with Crippen molar-refractivity contribution >= 4 is 5.69 Å². The molecule has 2 heteroatoms. The molecule has 0 spiro atoms. The Kier molecular flexibility index (Phi) is 3.67. The Labute approximate surface area is 111 Å². The van der Waals surface area contributed by atoms with Crippen LogP contribution in [0.25, 0.3) is 0 Å². The first-order valence-corrected chi connectivity index (χ1v) is 6.96. The Morgan fingerprint density at radius 1 is 1.33 bits per heavy atom. The number of anilines is 1. The molecular weight excluding hydrogens is 220 g/mol. The molecule has 1 fully saturated rings. The first-order valence-electron chi connectivity index (χ1n) is 6.96. The molecule has 1 aromatic carbocycles.